The van der Waals surface area contributed by atoms with Crippen molar-refractivity contribution < 1.29 is 9.21 Å². The maximum absolute atomic E-state index is 11.7. The van der Waals surface area contributed by atoms with Gasteiger partial charge in [-0.3, -0.25) is 4.79 Å². The van der Waals surface area contributed by atoms with Gasteiger partial charge in [0.25, 0.3) is 5.91 Å². The fraction of sp³-hybridized carbons (Fsp3) is 0.154. The van der Waals surface area contributed by atoms with Gasteiger partial charge in [0.05, 0.1) is 0 Å². The molecule has 0 saturated carbocycles. The Morgan fingerprint density at radius 1 is 1.24 bits per heavy atom. The van der Waals surface area contributed by atoms with Gasteiger partial charge >= 0.3 is 0 Å². The van der Waals surface area contributed by atoms with E-state index in [4.69, 9.17) is 16.0 Å². The van der Waals surface area contributed by atoms with E-state index < -0.39 is 0 Å². The molecule has 2 aromatic rings. The first kappa shape index (κ1) is 11.7. The molecule has 1 amide bonds. The highest BCUT2D eigenvalue weighted by atomic mass is 35.5. The lowest BCUT2D eigenvalue weighted by molar-refractivity contribution is 0.0797. The molecule has 0 aliphatic heterocycles. The van der Waals surface area contributed by atoms with Crippen molar-refractivity contribution in [3.63, 3.8) is 0 Å². The maximum Gasteiger partial charge on any atom is 0.289 e. The summed E-state index contributed by atoms with van der Waals surface area (Å²) < 4.78 is 5.50. The summed E-state index contributed by atoms with van der Waals surface area (Å²) >= 11 is 5.90. The Labute approximate surface area is 105 Å². The summed E-state index contributed by atoms with van der Waals surface area (Å²) in [5.41, 5.74) is 0.857. The molecule has 0 unspecified atom stereocenters. The standard InChI is InChI=1S/C13H12ClNO2/c1-15(2)13(16)12-7-6-11(17-12)9-4-3-5-10(14)8-9/h3-8H,1-2H3. The van der Waals surface area contributed by atoms with Gasteiger partial charge in [0.1, 0.15) is 5.76 Å². The van der Waals surface area contributed by atoms with Crippen LogP contribution < -0.4 is 0 Å². The lowest BCUT2D eigenvalue weighted by atomic mass is 10.2. The van der Waals surface area contributed by atoms with Crippen LogP contribution in [0.2, 0.25) is 5.02 Å². The van der Waals surface area contributed by atoms with Crippen LogP contribution in [0.1, 0.15) is 10.6 Å². The molecule has 88 valence electrons. The molecule has 0 aliphatic carbocycles. The van der Waals surface area contributed by atoms with Crippen molar-refractivity contribution in [2.45, 2.75) is 0 Å². The van der Waals surface area contributed by atoms with Crippen molar-refractivity contribution in [2.75, 3.05) is 14.1 Å². The van der Waals surface area contributed by atoms with Crippen molar-refractivity contribution in [2.24, 2.45) is 0 Å². The Balaban J connectivity index is 2.33. The summed E-state index contributed by atoms with van der Waals surface area (Å²) in [6.07, 6.45) is 0. The second-order valence-corrected chi connectivity index (χ2v) is 4.31. The van der Waals surface area contributed by atoms with E-state index in [-0.39, 0.29) is 5.91 Å². The van der Waals surface area contributed by atoms with E-state index in [0.717, 1.165) is 5.56 Å². The van der Waals surface area contributed by atoms with Crippen molar-refractivity contribution in [1.29, 1.82) is 0 Å². The van der Waals surface area contributed by atoms with Crippen LogP contribution in [0.4, 0.5) is 0 Å². The van der Waals surface area contributed by atoms with Gasteiger partial charge in [0.2, 0.25) is 0 Å². The van der Waals surface area contributed by atoms with Crippen LogP contribution >= 0.6 is 11.6 Å². The first-order valence-corrected chi connectivity index (χ1v) is 5.53. The van der Waals surface area contributed by atoms with Crippen molar-refractivity contribution in [1.82, 2.24) is 4.90 Å². The predicted molar refractivity (Wildman–Crippen MR) is 67.2 cm³/mol. The molecule has 0 saturated heterocycles. The van der Waals surface area contributed by atoms with Gasteiger partial charge in [-0.2, -0.15) is 0 Å². The first-order valence-electron chi connectivity index (χ1n) is 5.15. The molecular weight excluding hydrogens is 238 g/mol. The molecule has 4 heteroatoms. The average Bonchev–Trinajstić information content (AvgIpc) is 2.77. The molecule has 0 spiro atoms. The third-order valence-corrected chi connectivity index (χ3v) is 2.57. The monoisotopic (exact) mass is 249 g/mol. The second kappa shape index (κ2) is 4.63. The van der Waals surface area contributed by atoms with E-state index in [0.29, 0.717) is 16.5 Å². The van der Waals surface area contributed by atoms with Crippen LogP contribution in [0.5, 0.6) is 0 Å². The number of hydrogen-bond donors (Lipinski definition) is 0. The lowest BCUT2D eigenvalue weighted by Crippen LogP contribution is -2.20. The molecule has 2 rings (SSSR count). The Morgan fingerprint density at radius 3 is 2.65 bits per heavy atom. The molecule has 1 aromatic heterocycles. The second-order valence-electron chi connectivity index (χ2n) is 3.87. The van der Waals surface area contributed by atoms with Crippen LogP contribution in [-0.2, 0) is 0 Å². The average molecular weight is 250 g/mol. The normalized spacial score (nSPS) is 10.3. The van der Waals surface area contributed by atoms with Crippen LogP contribution in [0, 0.1) is 0 Å². The molecule has 0 radical (unpaired) electrons. The molecule has 0 fully saturated rings. The third kappa shape index (κ3) is 2.50. The summed E-state index contributed by atoms with van der Waals surface area (Å²) in [4.78, 5) is 13.1. The molecular formula is C13H12ClNO2. The molecule has 17 heavy (non-hydrogen) atoms. The Morgan fingerprint density at radius 2 is 2.00 bits per heavy atom. The minimum atomic E-state index is -0.154. The van der Waals surface area contributed by atoms with Gasteiger partial charge in [0, 0.05) is 24.7 Å². The van der Waals surface area contributed by atoms with Gasteiger partial charge in [0.15, 0.2) is 5.76 Å². The summed E-state index contributed by atoms with van der Waals surface area (Å²) in [7, 11) is 3.37. The number of carbonyl (C=O) groups excluding carboxylic acids is 1. The van der Waals surface area contributed by atoms with Crippen LogP contribution in [0.15, 0.2) is 40.8 Å². The SMILES string of the molecule is CN(C)C(=O)c1ccc(-c2cccc(Cl)c2)o1. The Bertz CT molecular complexity index is 546. The van der Waals surface area contributed by atoms with Gasteiger partial charge in [-0.15, -0.1) is 0 Å². The molecule has 1 heterocycles. The summed E-state index contributed by atoms with van der Waals surface area (Å²) in [5, 5.41) is 0.638. The number of hydrogen-bond acceptors (Lipinski definition) is 2. The van der Waals surface area contributed by atoms with Gasteiger partial charge < -0.3 is 9.32 Å². The minimum Gasteiger partial charge on any atom is -0.451 e. The number of halogens is 1. The largest absolute Gasteiger partial charge is 0.451 e. The summed E-state index contributed by atoms with van der Waals surface area (Å²) in [5.74, 6) is 0.806. The maximum atomic E-state index is 11.7. The zero-order chi connectivity index (χ0) is 12.4. The van der Waals surface area contributed by atoms with Crippen LogP contribution in [0.25, 0.3) is 11.3 Å². The molecule has 3 nitrogen and oxygen atoms in total. The highest BCUT2D eigenvalue weighted by Crippen LogP contribution is 2.25. The van der Waals surface area contributed by atoms with Gasteiger partial charge in [-0.05, 0) is 24.3 Å². The van der Waals surface area contributed by atoms with E-state index in [9.17, 15) is 4.79 Å². The first-order chi connectivity index (χ1) is 8.08. The Kier molecular flexibility index (Phi) is 3.20. The number of amides is 1. The number of benzene rings is 1. The molecule has 0 N–H and O–H groups in total. The number of carbonyl (C=O) groups is 1. The third-order valence-electron chi connectivity index (χ3n) is 2.33. The smallest absolute Gasteiger partial charge is 0.289 e. The summed E-state index contributed by atoms with van der Waals surface area (Å²) in [6.45, 7) is 0. The fourth-order valence-electron chi connectivity index (χ4n) is 1.47. The zero-order valence-corrected chi connectivity index (χ0v) is 10.4. The highest BCUT2D eigenvalue weighted by molar-refractivity contribution is 6.30. The predicted octanol–water partition coefficient (Wildman–Crippen LogP) is 3.30. The van der Waals surface area contributed by atoms with Crippen LogP contribution in [0.3, 0.4) is 0 Å². The van der Waals surface area contributed by atoms with Crippen LogP contribution in [-0.4, -0.2) is 24.9 Å². The number of rotatable bonds is 2. The van der Waals surface area contributed by atoms with E-state index in [1.54, 1.807) is 38.4 Å². The Hall–Kier alpha value is -1.74. The van der Waals surface area contributed by atoms with Gasteiger partial charge in [-0.25, -0.2) is 0 Å². The van der Waals surface area contributed by atoms with Crippen molar-refractivity contribution in [3.8, 4) is 11.3 Å². The van der Waals surface area contributed by atoms with E-state index in [2.05, 4.69) is 0 Å². The number of furan rings is 1. The molecule has 0 aliphatic rings. The molecule has 0 bridgehead atoms. The minimum absolute atomic E-state index is 0.154. The molecule has 1 aromatic carbocycles. The quantitative estimate of drug-likeness (QED) is 0.818. The van der Waals surface area contributed by atoms with E-state index in [1.807, 2.05) is 12.1 Å². The van der Waals surface area contributed by atoms with Crippen molar-refractivity contribution >= 4 is 17.5 Å². The van der Waals surface area contributed by atoms with E-state index >= 15 is 0 Å². The highest BCUT2D eigenvalue weighted by Gasteiger charge is 2.13. The van der Waals surface area contributed by atoms with Gasteiger partial charge in [-0.1, -0.05) is 23.7 Å². The van der Waals surface area contributed by atoms with Crippen molar-refractivity contribution in [3.05, 3.63) is 47.2 Å². The lowest BCUT2D eigenvalue weighted by Gasteiger charge is -2.06. The molecule has 0 atom stereocenters. The topological polar surface area (TPSA) is 33.5 Å². The summed E-state index contributed by atoms with van der Waals surface area (Å²) in [6, 6.07) is 10.7. The fourth-order valence-corrected chi connectivity index (χ4v) is 1.66. The number of nitrogens with zero attached hydrogens (tertiary/aromatic N) is 1. The zero-order valence-electron chi connectivity index (χ0n) is 9.61. The van der Waals surface area contributed by atoms with E-state index in [1.165, 1.54) is 4.90 Å².